The second-order valence-corrected chi connectivity index (χ2v) is 5.48. The average molecular weight is 358 g/mol. The number of carbonyl (C=O) groups excluding carboxylic acids is 2. The third kappa shape index (κ3) is 5.68. The summed E-state index contributed by atoms with van der Waals surface area (Å²) in [6.07, 6.45) is -2.48. The molecule has 6 heteroatoms. The molecule has 0 saturated heterocycles. The Hall–Kier alpha value is -2.70. The zero-order valence-corrected chi connectivity index (χ0v) is 14.8. The van der Waals surface area contributed by atoms with Crippen LogP contribution in [0.3, 0.4) is 0 Å². The van der Waals surface area contributed by atoms with Gasteiger partial charge < -0.3 is 18.9 Å². The van der Waals surface area contributed by atoms with E-state index in [9.17, 15) is 9.59 Å². The van der Waals surface area contributed by atoms with Gasteiger partial charge >= 0.3 is 11.9 Å². The molecule has 138 valence electrons. The van der Waals surface area contributed by atoms with Crippen LogP contribution in [0, 0.1) is 0 Å². The van der Waals surface area contributed by atoms with Gasteiger partial charge in [-0.05, 0) is 11.1 Å². The molecule has 0 aromatic heterocycles. The largest absolute Gasteiger partial charge is 0.467 e. The van der Waals surface area contributed by atoms with E-state index in [0.29, 0.717) is 0 Å². The molecular weight excluding hydrogens is 336 g/mol. The topological polar surface area (TPSA) is 71.1 Å². The molecule has 0 unspecified atom stereocenters. The van der Waals surface area contributed by atoms with Crippen molar-refractivity contribution >= 4 is 11.9 Å². The fraction of sp³-hybridized carbons (Fsp3) is 0.300. The van der Waals surface area contributed by atoms with Crippen molar-refractivity contribution in [2.24, 2.45) is 0 Å². The summed E-state index contributed by atoms with van der Waals surface area (Å²) in [6, 6.07) is 18.6. The number of esters is 2. The first-order valence-electron chi connectivity index (χ1n) is 8.12. The minimum Gasteiger partial charge on any atom is -0.467 e. The van der Waals surface area contributed by atoms with Crippen LogP contribution in [0.25, 0.3) is 0 Å². The molecule has 0 spiro atoms. The highest BCUT2D eigenvalue weighted by Crippen LogP contribution is 2.14. The molecule has 6 nitrogen and oxygen atoms in total. The number of carbonyl (C=O) groups is 2. The van der Waals surface area contributed by atoms with Crippen molar-refractivity contribution in [1.82, 2.24) is 0 Å². The molecule has 2 rings (SSSR count). The number of methoxy groups -OCH3 is 2. The number of ether oxygens (including phenoxy) is 4. The van der Waals surface area contributed by atoms with Gasteiger partial charge in [-0.1, -0.05) is 60.7 Å². The number of hydrogen-bond acceptors (Lipinski definition) is 6. The lowest BCUT2D eigenvalue weighted by Gasteiger charge is -2.23. The van der Waals surface area contributed by atoms with Gasteiger partial charge in [0.1, 0.15) is 0 Å². The fourth-order valence-corrected chi connectivity index (χ4v) is 2.31. The van der Waals surface area contributed by atoms with Gasteiger partial charge in [0, 0.05) is 0 Å². The molecule has 2 aromatic rings. The molecule has 2 atom stereocenters. The molecule has 0 aliphatic rings. The summed E-state index contributed by atoms with van der Waals surface area (Å²) < 4.78 is 20.9. The highest BCUT2D eigenvalue weighted by Gasteiger charge is 2.37. The predicted octanol–water partition coefficient (Wildman–Crippen LogP) is 2.50. The third-order valence-electron chi connectivity index (χ3n) is 3.69. The molecule has 2 aromatic carbocycles. The molecule has 0 heterocycles. The van der Waals surface area contributed by atoms with Gasteiger partial charge in [0.25, 0.3) is 0 Å². The molecule has 0 saturated carbocycles. The number of rotatable bonds is 9. The lowest BCUT2D eigenvalue weighted by Crippen LogP contribution is -2.44. The Balaban J connectivity index is 2.12. The zero-order valence-electron chi connectivity index (χ0n) is 14.8. The molecule has 0 aliphatic heterocycles. The van der Waals surface area contributed by atoms with Gasteiger partial charge in [-0.15, -0.1) is 0 Å². The van der Waals surface area contributed by atoms with Crippen molar-refractivity contribution in [2.45, 2.75) is 25.4 Å². The molecule has 0 bridgehead atoms. The molecule has 0 N–H and O–H groups in total. The molecular formula is C20H22O6. The third-order valence-corrected chi connectivity index (χ3v) is 3.69. The van der Waals surface area contributed by atoms with Crippen molar-refractivity contribution in [3.05, 3.63) is 71.8 Å². The first-order chi connectivity index (χ1) is 12.7. The van der Waals surface area contributed by atoms with E-state index in [-0.39, 0.29) is 13.2 Å². The van der Waals surface area contributed by atoms with Gasteiger partial charge in [-0.2, -0.15) is 0 Å². The minimum atomic E-state index is -1.24. The Kier molecular flexibility index (Phi) is 7.79. The average Bonchev–Trinajstić information content (AvgIpc) is 2.70. The number of hydrogen-bond donors (Lipinski definition) is 0. The van der Waals surface area contributed by atoms with Gasteiger partial charge in [0.15, 0.2) is 12.2 Å². The van der Waals surface area contributed by atoms with Crippen molar-refractivity contribution in [3.63, 3.8) is 0 Å². The summed E-state index contributed by atoms with van der Waals surface area (Å²) >= 11 is 0. The van der Waals surface area contributed by atoms with Crippen LogP contribution >= 0.6 is 0 Å². The molecule has 0 aliphatic carbocycles. The van der Waals surface area contributed by atoms with Crippen molar-refractivity contribution in [2.75, 3.05) is 14.2 Å². The first-order valence-corrected chi connectivity index (χ1v) is 8.12. The molecule has 26 heavy (non-hydrogen) atoms. The Morgan fingerprint density at radius 3 is 1.35 bits per heavy atom. The Bertz CT molecular complexity index is 624. The van der Waals surface area contributed by atoms with Crippen LogP contribution < -0.4 is 0 Å². The van der Waals surface area contributed by atoms with E-state index in [1.807, 2.05) is 60.7 Å². The maximum absolute atomic E-state index is 12.2. The van der Waals surface area contributed by atoms with Crippen molar-refractivity contribution in [1.29, 1.82) is 0 Å². The maximum atomic E-state index is 12.2. The summed E-state index contributed by atoms with van der Waals surface area (Å²) in [5.74, 6) is -1.41. The SMILES string of the molecule is COC(=O)[C@H](OCc1ccccc1)[C@@H](OCc1ccccc1)C(=O)OC. The lowest BCUT2D eigenvalue weighted by atomic mass is 10.1. The zero-order chi connectivity index (χ0) is 18.8. The lowest BCUT2D eigenvalue weighted by molar-refractivity contribution is -0.182. The standard InChI is InChI=1S/C20H22O6/c1-23-19(21)17(25-13-15-9-5-3-6-10-15)18(20(22)24-2)26-14-16-11-7-4-8-12-16/h3-12,17-18H,13-14H2,1-2H3/t17-,18-/m1/s1. The van der Waals surface area contributed by atoms with Gasteiger partial charge in [0.05, 0.1) is 27.4 Å². The smallest absolute Gasteiger partial charge is 0.338 e. The monoisotopic (exact) mass is 358 g/mol. The Morgan fingerprint density at radius 2 is 1.04 bits per heavy atom. The van der Waals surface area contributed by atoms with E-state index in [1.165, 1.54) is 14.2 Å². The summed E-state index contributed by atoms with van der Waals surface area (Å²) in [5.41, 5.74) is 1.71. The molecule has 0 amide bonds. The number of benzene rings is 2. The van der Waals surface area contributed by atoms with E-state index < -0.39 is 24.1 Å². The second-order valence-electron chi connectivity index (χ2n) is 5.48. The van der Waals surface area contributed by atoms with Gasteiger partial charge in [-0.3, -0.25) is 0 Å². The van der Waals surface area contributed by atoms with Crippen LogP contribution in [0.4, 0.5) is 0 Å². The normalized spacial score (nSPS) is 12.8. The van der Waals surface area contributed by atoms with Crippen LogP contribution in [-0.4, -0.2) is 38.4 Å². The van der Waals surface area contributed by atoms with Gasteiger partial charge in [0.2, 0.25) is 0 Å². The van der Waals surface area contributed by atoms with E-state index in [2.05, 4.69) is 0 Å². The first kappa shape index (κ1) is 19.6. The highest BCUT2D eigenvalue weighted by atomic mass is 16.6. The quantitative estimate of drug-likeness (QED) is 0.642. The van der Waals surface area contributed by atoms with E-state index in [4.69, 9.17) is 18.9 Å². The fourth-order valence-electron chi connectivity index (χ4n) is 2.31. The van der Waals surface area contributed by atoms with Crippen LogP contribution in [-0.2, 0) is 41.8 Å². The van der Waals surface area contributed by atoms with Crippen LogP contribution in [0.15, 0.2) is 60.7 Å². The van der Waals surface area contributed by atoms with Crippen molar-refractivity contribution in [3.8, 4) is 0 Å². The molecule has 0 radical (unpaired) electrons. The van der Waals surface area contributed by atoms with Crippen LogP contribution in [0.5, 0.6) is 0 Å². The van der Waals surface area contributed by atoms with Gasteiger partial charge in [-0.25, -0.2) is 9.59 Å². The van der Waals surface area contributed by atoms with E-state index in [1.54, 1.807) is 0 Å². The highest BCUT2D eigenvalue weighted by molar-refractivity contribution is 5.85. The van der Waals surface area contributed by atoms with Crippen LogP contribution in [0.1, 0.15) is 11.1 Å². The maximum Gasteiger partial charge on any atom is 0.338 e. The second kappa shape index (κ2) is 10.3. The summed E-state index contributed by atoms with van der Waals surface area (Å²) in [4.78, 5) is 24.3. The minimum absolute atomic E-state index is 0.128. The summed E-state index contributed by atoms with van der Waals surface area (Å²) in [5, 5.41) is 0. The Labute approximate surface area is 152 Å². The van der Waals surface area contributed by atoms with E-state index in [0.717, 1.165) is 11.1 Å². The van der Waals surface area contributed by atoms with Crippen LogP contribution in [0.2, 0.25) is 0 Å². The van der Waals surface area contributed by atoms with Crippen molar-refractivity contribution < 1.29 is 28.5 Å². The Morgan fingerprint density at radius 1 is 0.692 bits per heavy atom. The van der Waals surface area contributed by atoms with E-state index >= 15 is 0 Å². The predicted molar refractivity (Wildman–Crippen MR) is 94.1 cm³/mol. The summed E-state index contributed by atoms with van der Waals surface area (Å²) in [7, 11) is 2.46. The molecule has 0 fully saturated rings. The summed E-state index contributed by atoms with van der Waals surface area (Å²) in [6.45, 7) is 0.256.